The van der Waals surface area contributed by atoms with Crippen LogP contribution in [0.25, 0.3) is 0 Å². The van der Waals surface area contributed by atoms with Crippen molar-refractivity contribution in [3.05, 3.63) is 65.5 Å². The molecule has 0 aliphatic heterocycles. The van der Waals surface area contributed by atoms with Gasteiger partial charge < -0.3 is 10.5 Å². The molecule has 0 radical (unpaired) electrons. The Balaban J connectivity index is 1.89. The second-order valence-corrected chi connectivity index (χ2v) is 5.99. The van der Waals surface area contributed by atoms with Crippen LogP contribution >= 0.6 is 11.8 Å². The van der Waals surface area contributed by atoms with Gasteiger partial charge in [0.05, 0.1) is 12.8 Å². The highest BCUT2D eigenvalue weighted by Gasteiger charge is 2.03. The van der Waals surface area contributed by atoms with Gasteiger partial charge in [-0.3, -0.25) is 0 Å². The highest BCUT2D eigenvalue weighted by molar-refractivity contribution is 8.13. The Morgan fingerprint density at radius 2 is 2.04 bits per heavy atom. The maximum absolute atomic E-state index is 13.8. The highest BCUT2D eigenvalue weighted by atomic mass is 32.2. The molecule has 0 aliphatic carbocycles. The topological polar surface area (TPSA) is 60.0 Å². The number of nitrogens with two attached hydrogens (primary N) is 1. The zero-order valence-electron chi connectivity index (χ0n) is 13.5. The van der Waals surface area contributed by atoms with Crippen LogP contribution in [0.3, 0.4) is 0 Å². The van der Waals surface area contributed by atoms with Crippen molar-refractivity contribution >= 4 is 23.1 Å². The van der Waals surface area contributed by atoms with E-state index in [-0.39, 0.29) is 5.75 Å². The van der Waals surface area contributed by atoms with Crippen molar-refractivity contribution in [2.75, 3.05) is 6.61 Å². The first-order chi connectivity index (χ1) is 11.7. The Labute approximate surface area is 145 Å². The Hall–Kier alpha value is -2.34. The van der Waals surface area contributed by atoms with Crippen molar-refractivity contribution in [2.24, 2.45) is 15.9 Å². The van der Waals surface area contributed by atoms with Crippen molar-refractivity contribution in [3.63, 3.8) is 0 Å². The summed E-state index contributed by atoms with van der Waals surface area (Å²) >= 11 is 1.40. The van der Waals surface area contributed by atoms with Crippen LogP contribution in [0.1, 0.15) is 24.5 Å². The maximum Gasteiger partial charge on any atom is 0.180 e. The van der Waals surface area contributed by atoms with Crippen molar-refractivity contribution in [2.45, 2.75) is 19.1 Å². The van der Waals surface area contributed by atoms with Crippen molar-refractivity contribution in [3.8, 4) is 5.75 Å². The lowest BCUT2D eigenvalue weighted by Gasteiger charge is -2.05. The van der Waals surface area contributed by atoms with Crippen LogP contribution in [0, 0.1) is 5.82 Å². The van der Waals surface area contributed by atoms with E-state index >= 15 is 0 Å². The molecule has 0 aromatic heterocycles. The molecular weight excluding hydrogens is 325 g/mol. The van der Waals surface area contributed by atoms with Gasteiger partial charge in [-0.05, 0) is 35.7 Å². The minimum atomic E-state index is -0.414. The van der Waals surface area contributed by atoms with Gasteiger partial charge in [-0.2, -0.15) is 5.10 Å². The second kappa shape index (κ2) is 9.72. The molecule has 0 aliphatic rings. The Morgan fingerprint density at radius 3 is 2.75 bits per heavy atom. The summed E-state index contributed by atoms with van der Waals surface area (Å²) in [5, 5.41) is 8.17. The number of halogens is 1. The molecule has 2 aromatic carbocycles. The number of thioether (sulfide) groups is 1. The lowest BCUT2D eigenvalue weighted by atomic mass is 10.2. The number of hydrogen-bond donors (Lipinski definition) is 1. The average Bonchev–Trinajstić information content (AvgIpc) is 2.60. The third-order valence-electron chi connectivity index (χ3n) is 3.01. The van der Waals surface area contributed by atoms with Gasteiger partial charge in [0, 0.05) is 5.75 Å². The number of nitrogens with zero attached hydrogens (tertiary/aromatic N) is 2. The van der Waals surface area contributed by atoms with E-state index in [9.17, 15) is 4.39 Å². The fourth-order valence-electron chi connectivity index (χ4n) is 1.84. The van der Waals surface area contributed by atoms with Gasteiger partial charge in [-0.1, -0.05) is 49.0 Å². The molecule has 0 amide bonds. The predicted molar refractivity (Wildman–Crippen MR) is 99.1 cm³/mol. The largest absolute Gasteiger partial charge is 0.491 e. The number of hydrogen-bond acceptors (Lipinski definition) is 4. The summed E-state index contributed by atoms with van der Waals surface area (Å²) in [6.45, 7) is 2.46. The standard InChI is InChI=1S/C18H20FN3OS/c1-2-10-23-17-9-8-15(11-16(17)19)12-21-22-18(20)24-13-14-6-4-3-5-7-14/h3-9,11-12H,2,10,13H2,1H3,(H2,20,22). The van der Waals surface area contributed by atoms with Crippen molar-refractivity contribution < 1.29 is 9.13 Å². The minimum Gasteiger partial charge on any atom is -0.491 e. The molecule has 2 rings (SSSR count). The summed E-state index contributed by atoms with van der Waals surface area (Å²) in [7, 11) is 0. The van der Waals surface area contributed by atoms with E-state index in [1.165, 1.54) is 24.0 Å². The summed E-state index contributed by atoms with van der Waals surface area (Å²) in [5.41, 5.74) is 7.56. The fraction of sp³-hybridized carbons (Fsp3) is 0.222. The van der Waals surface area contributed by atoms with E-state index < -0.39 is 5.82 Å². The first-order valence-electron chi connectivity index (χ1n) is 7.64. The van der Waals surface area contributed by atoms with E-state index in [0.29, 0.717) is 17.3 Å². The zero-order valence-corrected chi connectivity index (χ0v) is 14.3. The number of ether oxygens (including phenoxy) is 1. The van der Waals surface area contributed by atoms with Crippen LogP contribution in [0.5, 0.6) is 5.75 Å². The highest BCUT2D eigenvalue weighted by Crippen LogP contribution is 2.18. The molecule has 4 nitrogen and oxygen atoms in total. The van der Waals surface area contributed by atoms with Crippen molar-refractivity contribution in [1.29, 1.82) is 0 Å². The van der Waals surface area contributed by atoms with Crippen LogP contribution in [0.15, 0.2) is 58.7 Å². The third-order valence-corrected chi connectivity index (χ3v) is 3.87. The van der Waals surface area contributed by atoms with E-state index in [4.69, 9.17) is 10.5 Å². The molecule has 0 saturated carbocycles. The van der Waals surface area contributed by atoms with Gasteiger partial charge in [-0.15, -0.1) is 5.10 Å². The van der Waals surface area contributed by atoms with Gasteiger partial charge in [-0.25, -0.2) is 4.39 Å². The SMILES string of the molecule is CCCOc1ccc(C=NN=C(N)SCc2ccccc2)cc1F. The summed E-state index contributed by atoms with van der Waals surface area (Å²) in [6.07, 6.45) is 2.29. The molecular formula is C18H20FN3OS. The monoisotopic (exact) mass is 345 g/mol. The van der Waals surface area contributed by atoms with E-state index in [0.717, 1.165) is 17.7 Å². The van der Waals surface area contributed by atoms with E-state index in [1.807, 2.05) is 37.3 Å². The molecule has 0 heterocycles. The summed E-state index contributed by atoms with van der Waals surface area (Å²) in [6, 6.07) is 14.6. The van der Waals surface area contributed by atoms with Crippen molar-refractivity contribution in [1.82, 2.24) is 0 Å². The molecule has 24 heavy (non-hydrogen) atoms. The Bertz CT molecular complexity index is 705. The molecule has 0 spiro atoms. The van der Waals surface area contributed by atoms with Gasteiger partial charge in [0.2, 0.25) is 0 Å². The van der Waals surface area contributed by atoms with Crippen LogP contribution in [-0.4, -0.2) is 18.0 Å². The molecule has 0 bridgehead atoms. The number of amidine groups is 1. The minimum absolute atomic E-state index is 0.246. The maximum atomic E-state index is 13.8. The van der Waals surface area contributed by atoms with Gasteiger partial charge >= 0.3 is 0 Å². The second-order valence-electron chi connectivity index (χ2n) is 5.00. The molecule has 0 atom stereocenters. The Kier molecular flexibility index (Phi) is 7.29. The van der Waals surface area contributed by atoms with Crippen LogP contribution in [0.2, 0.25) is 0 Å². The first kappa shape index (κ1) is 18.0. The molecule has 6 heteroatoms. The van der Waals surface area contributed by atoms with Crippen LogP contribution < -0.4 is 10.5 Å². The summed E-state index contributed by atoms with van der Waals surface area (Å²) < 4.78 is 19.1. The first-order valence-corrected chi connectivity index (χ1v) is 8.63. The molecule has 126 valence electrons. The molecule has 2 aromatic rings. The average molecular weight is 345 g/mol. The van der Waals surface area contributed by atoms with Gasteiger partial charge in [0.15, 0.2) is 16.7 Å². The van der Waals surface area contributed by atoms with E-state index in [2.05, 4.69) is 10.2 Å². The van der Waals surface area contributed by atoms with Gasteiger partial charge in [0.1, 0.15) is 0 Å². The molecule has 0 saturated heterocycles. The lowest BCUT2D eigenvalue weighted by Crippen LogP contribution is -2.06. The summed E-state index contributed by atoms with van der Waals surface area (Å²) in [4.78, 5) is 0. The number of benzene rings is 2. The predicted octanol–water partition coefficient (Wildman–Crippen LogP) is 4.20. The fourth-order valence-corrected chi connectivity index (χ4v) is 2.45. The van der Waals surface area contributed by atoms with Crippen LogP contribution in [-0.2, 0) is 5.75 Å². The quantitative estimate of drug-likeness (QED) is 0.465. The summed E-state index contributed by atoms with van der Waals surface area (Å²) in [5.74, 6) is 0.558. The van der Waals surface area contributed by atoms with Gasteiger partial charge in [0.25, 0.3) is 0 Å². The van der Waals surface area contributed by atoms with Crippen LogP contribution in [0.4, 0.5) is 4.39 Å². The Morgan fingerprint density at radius 1 is 1.25 bits per heavy atom. The molecule has 0 unspecified atom stereocenters. The third kappa shape index (κ3) is 6.04. The van der Waals surface area contributed by atoms with E-state index in [1.54, 1.807) is 12.1 Å². The number of rotatable bonds is 7. The lowest BCUT2D eigenvalue weighted by molar-refractivity contribution is 0.301. The molecule has 2 N–H and O–H groups in total. The zero-order chi connectivity index (χ0) is 17.2. The smallest absolute Gasteiger partial charge is 0.180 e. The normalized spacial score (nSPS) is 11.8. The molecule has 0 fully saturated rings.